The number of hydrogen-bond acceptors (Lipinski definition) is 4. The molecule has 0 aromatic heterocycles. The number of benzene rings is 1. The van der Waals surface area contributed by atoms with Crippen molar-refractivity contribution in [1.82, 2.24) is 10.2 Å². The molecule has 1 aromatic rings. The predicted octanol–water partition coefficient (Wildman–Crippen LogP) is 2.18. The molecular weight excluding hydrogens is 304 g/mol. The number of aliphatic hydroxyl groups excluding tert-OH is 1. The van der Waals surface area contributed by atoms with Crippen LogP contribution in [0.5, 0.6) is 5.75 Å². The lowest BCUT2D eigenvalue weighted by Crippen LogP contribution is -2.44. The fourth-order valence-corrected chi connectivity index (χ4v) is 3.01. The largest absolute Gasteiger partial charge is 0.494 e. The third-order valence-corrected chi connectivity index (χ3v) is 4.48. The van der Waals surface area contributed by atoms with E-state index in [0.717, 1.165) is 50.3 Å². The minimum absolute atomic E-state index is 0.0348. The summed E-state index contributed by atoms with van der Waals surface area (Å²) in [5.41, 5.74) is 1.06. The lowest BCUT2D eigenvalue weighted by atomic mass is 9.93. The number of carbonyl (C=O) groups excluding carboxylic acids is 1. The highest BCUT2D eigenvalue weighted by Gasteiger charge is 2.24. The maximum absolute atomic E-state index is 12.1. The molecule has 1 heterocycles. The lowest BCUT2D eigenvalue weighted by Gasteiger charge is -2.33. The minimum Gasteiger partial charge on any atom is -0.494 e. The summed E-state index contributed by atoms with van der Waals surface area (Å²) in [5.74, 6) is 1.18. The first-order chi connectivity index (χ1) is 11.6. The van der Waals surface area contributed by atoms with Crippen LogP contribution in [0.2, 0.25) is 0 Å². The highest BCUT2D eigenvalue weighted by Crippen LogP contribution is 2.19. The van der Waals surface area contributed by atoms with Gasteiger partial charge in [-0.1, -0.05) is 19.1 Å². The molecule has 1 saturated heterocycles. The molecule has 0 bridgehead atoms. The Morgan fingerprint density at radius 3 is 2.83 bits per heavy atom. The summed E-state index contributed by atoms with van der Waals surface area (Å²) in [4.78, 5) is 14.3. The van der Waals surface area contributed by atoms with E-state index in [4.69, 9.17) is 4.74 Å². The Labute approximate surface area is 145 Å². The number of ether oxygens (including phenoxy) is 1. The molecule has 24 heavy (non-hydrogen) atoms. The molecule has 5 nitrogen and oxygen atoms in total. The van der Waals surface area contributed by atoms with Gasteiger partial charge in [-0.15, -0.1) is 0 Å². The fourth-order valence-electron chi connectivity index (χ4n) is 3.01. The number of carbonyl (C=O) groups is 1. The van der Waals surface area contributed by atoms with Gasteiger partial charge in [0.05, 0.1) is 19.3 Å². The summed E-state index contributed by atoms with van der Waals surface area (Å²) < 4.78 is 5.55. The van der Waals surface area contributed by atoms with Crippen molar-refractivity contribution in [3.63, 3.8) is 0 Å². The summed E-state index contributed by atoms with van der Waals surface area (Å²) >= 11 is 0. The maximum Gasteiger partial charge on any atom is 0.234 e. The van der Waals surface area contributed by atoms with Gasteiger partial charge in [0.15, 0.2) is 0 Å². The van der Waals surface area contributed by atoms with Crippen LogP contribution in [0.15, 0.2) is 24.3 Å². The van der Waals surface area contributed by atoms with Gasteiger partial charge in [0.25, 0.3) is 0 Å². The number of rotatable bonds is 8. The van der Waals surface area contributed by atoms with Gasteiger partial charge in [-0.2, -0.15) is 0 Å². The van der Waals surface area contributed by atoms with Gasteiger partial charge in [0.2, 0.25) is 5.91 Å². The highest BCUT2D eigenvalue weighted by atomic mass is 16.5. The third-order valence-electron chi connectivity index (χ3n) is 4.48. The van der Waals surface area contributed by atoms with Gasteiger partial charge in [0.1, 0.15) is 5.75 Å². The number of aliphatic hydroxyl groups is 1. The van der Waals surface area contributed by atoms with Gasteiger partial charge >= 0.3 is 0 Å². The molecule has 2 rings (SSSR count). The summed E-state index contributed by atoms with van der Waals surface area (Å²) in [6.45, 7) is 7.30. The number of nitrogens with one attached hydrogen (secondary N) is 1. The molecule has 1 fully saturated rings. The van der Waals surface area contributed by atoms with Crippen molar-refractivity contribution in [3.05, 3.63) is 29.8 Å². The zero-order valence-electron chi connectivity index (χ0n) is 14.8. The van der Waals surface area contributed by atoms with E-state index < -0.39 is 0 Å². The molecule has 2 atom stereocenters. The fraction of sp³-hybridized carbons (Fsp3) is 0.632. The van der Waals surface area contributed by atoms with Crippen molar-refractivity contribution >= 4 is 5.91 Å². The van der Waals surface area contributed by atoms with Crippen LogP contribution in [0, 0.1) is 5.92 Å². The van der Waals surface area contributed by atoms with E-state index in [-0.39, 0.29) is 17.9 Å². The zero-order valence-corrected chi connectivity index (χ0v) is 14.8. The first-order valence-electron chi connectivity index (χ1n) is 8.97. The molecule has 2 N–H and O–H groups in total. The first kappa shape index (κ1) is 18.7. The maximum atomic E-state index is 12.1. The number of hydrogen-bond donors (Lipinski definition) is 2. The van der Waals surface area contributed by atoms with Gasteiger partial charge in [0, 0.05) is 13.1 Å². The quantitative estimate of drug-likeness (QED) is 0.765. The Morgan fingerprint density at radius 2 is 2.17 bits per heavy atom. The van der Waals surface area contributed by atoms with Crippen LogP contribution < -0.4 is 10.1 Å². The van der Waals surface area contributed by atoms with Gasteiger partial charge in [-0.05, 0) is 56.3 Å². The molecule has 0 aliphatic carbocycles. The Kier molecular flexibility index (Phi) is 7.53. The van der Waals surface area contributed by atoms with Crippen molar-refractivity contribution in [3.8, 4) is 5.75 Å². The molecule has 1 aromatic carbocycles. The molecule has 5 heteroatoms. The second-order valence-corrected chi connectivity index (χ2v) is 6.65. The Morgan fingerprint density at radius 1 is 1.42 bits per heavy atom. The Hall–Kier alpha value is -1.59. The van der Waals surface area contributed by atoms with Gasteiger partial charge in [-0.25, -0.2) is 0 Å². The second kappa shape index (κ2) is 9.64. The molecule has 1 aliphatic heterocycles. The number of piperidine rings is 1. The molecule has 0 spiro atoms. The molecule has 1 aliphatic rings. The Balaban J connectivity index is 1.72. The van der Waals surface area contributed by atoms with E-state index in [1.807, 2.05) is 31.2 Å². The van der Waals surface area contributed by atoms with Crippen LogP contribution in [0.4, 0.5) is 0 Å². The van der Waals surface area contributed by atoms with Crippen molar-refractivity contribution in [2.45, 2.75) is 45.8 Å². The van der Waals surface area contributed by atoms with Crippen LogP contribution in [-0.2, 0) is 11.3 Å². The monoisotopic (exact) mass is 334 g/mol. The van der Waals surface area contributed by atoms with E-state index in [1.165, 1.54) is 0 Å². The minimum atomic E-state index is -0.302. The molecule has 134 valence electrons. The van der Waals surface area contributed by atoms with Gasteiger partial charge < -0.3 is 15.2 Å². The molecule has 1 amide bonds. The van der Waals surface area contributed by atoms with Crippen LogP contribution >= 0.6 is 0 Å². The van der Waals surface area contributed by atoms with Crippen molar-refractivity contribution in [2.24, 2.45) is 5.92 Å². The van der Waals surface area contributed by atoms with E-state index in [0.29, 0.717) is 13.1 Å². The number of nitrogens with zero attached hydrogens (tertiary/aromatic N) is 1. The summed E-state index contributed by atoms with van der Waals surface area (Å²) in [7, 11) is 0. The smallest absolute Gasteiger partial charge is 0.234 e. The summed E-state index contributed by atoms with van der Waals surface area (Å²) in [6.07, 6.45) is 2.78. The van der Waals surface area contributed by atoms with Crippen LogP contribution in [-0.4, -0.2) is 48.3 Å². The average Bonchev–Trinajstić information content (AvgIpc) is 2.59. The van der Waals surface area contributed by atoms with Crippen molar-refractivity contribution in [2.75, 3.05) is 26.2 Å². The van der Waals surface area contributed by atoms with E-state index >= 15 is 0 Å². The highest BCUT2D eigenvalue weighted by molar-refractivity contribution is 5.78. The summed E-state index contributed by atoms with van der Waals surface area (Å²) in [5, 5.41) is 12.7. The number of amides is 1. The van der Waals surface area contributed by atoms with Gasteiger partial charge in [-0.3, -0.25) is 9.69 Å². The molecule has 2 unspecified atom stereocenters. The normalized spacial score (nSPS) is 19.7. The van der Waals surface area contributed by atoms with E-state index in [1.54, 1.807) is 0 Å². The molecule has 0 radical (unpaired) electrons. The standard InChI is InChI=1S/C19H30N2O3/c1-3-11-24-18-8-6-16(7-9-18)12-20-19(23)14-21-10-4-5-17(13-21)15(2)22/h6-9,15,17,22H,3-5,10-14H2,1-2H3,(H,20,23). The summed E-state index contributed by atoms with van der Waals surface area (Å²) in [6, 6.07) is 7.84. The first-order valence-corrected chi connectivity index (χ1v) is 8.97. The second-order valence-electron chi connectivity index (χ2n) is 6.65. The van der Waals surface area contributed by atoms with Crippen LogP contribution in [0.3, 0.4) is 0 Å². The van der Waals surface area contributed by atoms with E-state index in [2.05, 4.69) is 17.1 Å². The van der Waals surface area contributed by atoms with Crippen molar-refractivity contribution in [1.29, 1.82) is 0 Å². The average molecular weight is 334 g/mol. The van der Waals surface area contributed by atoms with Crippen LogP contribution in [0.25, 0.3) is 0 Å². The Bertz CT molecular complexity index is 502. The van der Waals surface area contributed by atoms with Crippen LogP contribution in [0.1, 0.15) is 38.7 Å². The molecular formula is C19H30N2O3. The lowest BCUT2D eigenvalue weighted by molar-refractivity contribution is -0.123. The molecule has 0 saturated carbocycles. The zero-order chi connectivity index (χ0) is 17.4. The third kappa shape index (κ3) is 6.13. The predicted molar refractivity (Wildman–Crippen MR) is 94.9 cm³/mol. The van der Waals surface area contributed by atoms with E-state index in [9.17, 15) is 9.90 Å². The topological polar surface area (TPSA) is 61.8 Å². The van der Waals surface area contributed by atoms with Crippen molar-refractivity contribution < 1.29 is 14.6 Å². The SMILES string of the molecule is CCCOc1ccc(CNC(=O)CN2CCCC(C(C)O)C2)cc1. The number of likely N-dealkylation sites (tertiary alicyclic amines) is 1.